The van der Waals surface area contributed by atoms with E-state index in [9.17, 15) is 9.59 Å². The van der Waals surface area contributed by atoms with Crippen molar-refractivity contribution in [2.75, 3.05) is 11.9 Å². The first-order valence-corrected chi connectivity index (χ1v) is 8.32. The van der Waals surface area contributed by atoms with Crippen molar-refractivity contribution in [3.63, 3.8) is 0 Å². The summed E-state index contributed by atoms with van der Waals surface area (Å²) in [6, 6.07) is 11.1. The van der Waals surface area contributed by atoms with E-state index in [4.69, 9.17) is 4.74 Å². The number of anilines is 1. The highest BCUT2D eigenvalue weighted by atomic mass is 32.1. The molecule has 2 aromatic heterocycles. The van der Waals surface area contributed by atoms with E-state index in [2.05, 4.69) is 20.7 Å². The zero-order chi connectivity index (χ0) is 17.6. The minimum Gasteiger partial charge on any atom is -0.454 e. The van der Waals surface area contributed by atoms with E-state index in [1.54, 1.807) is 6.07 Å². The SMILES string of the molecule is Cc1cccc(NC(=O)COC(=O)Cn2nnc(-c3cccs3)n2)c1. The fourth-order valence-corrected chi connectivity index (χ4v) is 2.69. The molecule has 0 aliphatic rings. The first kappa shape index (κ1) is 16.8. The topological polar surface area (TPSA) is 99.0 Å². The Hall–Kier alpha value is -3.07. The number of aryl methyl sites for hydroxylation is 1. The molecular weight excluding hydrogens is 342 g/mol. The summed E-state index contributed by atoms with van der Waals surface area (Å²) >= 11 is 1.48. The van der Waals surface area contributed by atoms with Crippen molar-refractivity contribution in [2.45, 2.75) is 13.5 Å². The lowest BCUT2D eigenvalue weighted by molar-refractivity contribution is -0.148. The smallest absolute Gasteiger partial charge is 0.330 e. The molecule has 2 heterocycles. The molecule has 0 unspecified atom stereocenters. The Morgan fingerprint density at radius 1 is 1.28 bits per heavy atom. The van der Waals surface area contributed by atoms with Crippen LogP contribution < -0.4 is 5.32 Å². The van der Waals surface area contributed by atoms with Crippen LogP contribution in [0.2, 0.25) is 0 Å². The highest BCUT2D eigenvalue weighted by Gasteiger charge is 2.12. The molecule has 1 amide bonds. The van der Waals surface area contributed by atoms with Gasteiger partial charge in [-0.2, -0.15) is 4.80 Å². The third-order valence-corrected chi connectivity index (χ3v) is 4.00. The van der Waals surface area contributed by atoms with Crippen LogP contribution in [0.3, 0.4) is 0 Å². The molecule has 0 spiro atoms. The number of aromatic nitrogens is 4. The van der Waals surface area contributed by atoms with Crippen molar-refractivity contribution in [2.24, 2.45) is 0 Å². The van der Waals surface area contributed by atoms with Gasteiger partial charge in [-0.3, -0.25) is 4.79 Å². The van der Waals surface area contributed by atoms with Gasteiger partial charge < -0.3 is 10.1 Å². The summed E-state index contributed by atoms with van der Waals surface area (Å²) in [4.78, 5) is 25.6. The average molecular weight is 357 g/mol. The zero-order valence-corrected chi connectivity index (χ0v) is 14.2. The number of hydrogen-bond donors (Lipinski definition) is 1. The van der Waals surface area contributed by atoms with Gasteiger partial charge in [-0.15, -0.1) is 21.5 Å². The second-order valence-electron chi connectivity index (χ2n) is 5.20. The van der Waals surface area contributed by atoms with Crippen LogP contribution in [0.5, 0.6) is 0 Å². The standard InChI is InChI=1S/C16H15N5O3S/c1-11-4-2-5-12(8-11)17-14(22)10-24-15(23)9-21-19-16(18-20-21)13-6-3-7-25-13/h2-8H,9-10H2,1H3,(H,17,22). The molecule has 3 aromatic rings. The molecule has 0 saturated carbocycles. The highest BCUT2D eigenvalue weighted by molar-refractivity contribution is 7.13. The summed E-state index contributed by atoms with van der Waals surface area (Å²) in [5.41, 5.74) is 1.67. The molecule has 0 saturated heterocycles. The number of rotatable bonds is 6. The fraction of sp³-hybridized carbons (Fsp3) is 0.188. The Morgan fingerprint density at radius 2 is 2.16 bits per heavy atom. The van der Waals surface area contributed by atoms with Gasteiger partial charge in [0, 0.05) is 5.69 Å². The summed E-state index contributed by atoms with van der Waals surface area (Å²) in [6.07, 6.45) is 0. The van der Waals surface area contributed by atoms with Crippen molar-refractivity contribution < 1.29 is 14.3 Å². The third kappa shape index (κ3) is 4.70. The van der Waals surface area contributed by atoms with Crippen molar-refractivity contribution in [3.8, 4) is 10.7 Å². The van der Waals surface area contributed by atoms with Gasteiger partial charge in [0.2, 0.25) is 5.82 Å². The van der Waals surface area contributed by atoms with Crippen LogP contribution in [-0.4, -0.2) is 38.7 Å². The van der Waals surface area contributed by atoms with Crippen molar-refractivity contribution >= 4 is 28.9 Å². The molecule has 0 atom stereocenters. The minimum atomic E-state index is -0.616. The first-order valence-electron chi connectivity index (χ1n) is 7.44. The molecule has 0 aliphatic carbocycles. The molecular formula is C16H15N5O3S. The number of amides is 1. The number of benzene rings is 1. The lowest BCUT2D eigenvalue weighted by Gasteiger charge is -2.06. The number of hydrogen-bond acceptors (Lipinski definition) is 7. The number of carbonyl (C=O) groups is 2. The van der Waals surface area contributed by atoms with Crippen LogP contribution in [0.15, 0.2) is 41.8 Å². The van der Waals surface area contributed by atoms with Crippen molar-refractivity contribution in [1.82, 2.24) is 20.2 Å². The summed E-state index contributed by atoms with van der Waals surface area (Å²) in [5, 5.41) is 16.3. The van der Waals surface area contributed by atoms with Gasteiger partial charge in [0.1, 0.15) is 0 Å². The number of thiophene rings is 1. The number of carbonyl (C=O) groups excluding carboxylic acids is 2. The average Bonchev–Trinajstić information content (AvgIpc) is 3.24. The van der Waals surface area contributed by atoms with E-state index in [1.807, 2.05) is 42.6 Å². The molecule has 9 heteroatoms. The van der Waals surface area contributed by atoms with E-state index in [1.165, 1.54) is 11.3 Å². The maximum atomic E-state index is 11.8. The molecule has 1 N–H and O–H groups in total. The Labute approximate surface area is 147 Å². The van der Waals surface area contributed by atoms with Crippen LogP contribution in [-0.2, 0) is 20.9 Å². The number of esters is 1. The lowest BCUT2D eigenvalue weighted by Crippen LogP contribution is -2.23. The van der Waals surface area contributed by atoms with Gasteiger partial charge in [0.05, 0.1) is 4.88 Å². The number of nitrogens with one attached hydrogen (secondary N) is 1. The van der Waals surface area contributed by atoms with Gasteiger partial charge in [-0.25, -0.2) is 4.79 Å². The quantitative estimate of drug-likeness (QED) is 0.677. The zero-order valence-electron chi connectivity index (χ0n) is 13.4. The predicted molar refractivity (Wildman–Crippen MR) is 91.9 cm³/mol. The predicted octanol–water partition coefficient (Wildman–Crippen LogP) is 1.89. The van der Waals surface area contributed by atoms with Gasteiger partial charge in [-0.1, -0.05) is 18.2 Å². The molecule has 0 bridgehead atoms. The van der Waals surface area contributed by atoms with Crippen LogP contribution in [0.1, 0.15) is 5.56 Å². The monoisotopic (exact) mass is 357 g/mol. The molecule has 25 heavy (non-hydrogen) atoms. The minimum absolute atomic E-state index is 0.212. The second kappa shape index (κ2) is 7.67. The highest BCUT2D eigenvalue weighted by Crippen LogP contribution is 2.19. The van der Waals surface area contributed by atoms with Crippen LogP contribution in [0.25, 0.3) is 10.7 Å². The van der Waals surface area contributed by atoms with E-state index >= 15 is 0 Å². The molecule has 1 aromatic carbocycles. The fourth-order valence-electron chi connectivity index (χ4n) is 2.04. The van der Waals surface area contributed by atoms with Crippen LogP contribution in [0, 0.1) is 6.92 Å². The van der Waals surface area contributed by atoms with E-state index in [0.29, 0.717) is 11.5 Å². The molecule has 0 fully saturated rings. The maximum absolute atomic E-state index is 11.8. The lowest BCUT2D eigenvalue weighted by atomic mass is 10.2. The largest absolute Gasteiger partial charge is 0.454 e. The molecule has 0 radical (unpaired) electrons. The van der Waals surface area contributed by atoms with E-state index in [-0.39, 0.29) is 13.2 Å². The van der Waals surface area contributed by atoms with Crippen LogP contribution >= 0.6 is 11.3 Å². The maximum Gasteiger partial charge on any atom is 0.330 e. The molecule has 8 nitrogen and oxygen atoms in total. The van der Waals surface area contributed by atoms with E-state index < -0.39 is 11.9 Å². The molecule has 128 valence electrons. The number of ether oxygens (including phenoxy) is 1. The Balaban J connectivity index is 1.47. The molecule has 0 aliphatic heterocycles. The number of nitrogens with zero attached hydrogens (tertiary/aromatic N) is 4. The second-order valence-corrected chi connectivity index (χ2v) is 6.15. The van der Waals surface area contributed by atoms with Crippen LogP contribution in [0.4, 0.5) is 5.69 Å². The van der Waals surface area contributed by atoms with Gasteiger partial charge in [0.25, 0.3) is 5.91 Å². The first-order chi connectivity index (χ1) is 12.1. The Kier molecular flexibility index (Phi) is 5.14. The molecule has 3 rings (SSSR count). The van der Waals surface area contributed by atoms with Gasteiger partial charge >= 0.3 is 5.97 Å². The van der Waals surface area contributed by atoms with Gasteiger partial charge in [0.15, 0.2) is 13.2 Å². The summed E-state index contributed by atoms with van der Waals surface area (Å²) in [5.74, 6) is -0.584. The third-order valence-electron chi connectivity index (χ3n) is 3.13. The van der Waals surface area contributed by atoms with Crippen molar-refractivity contribution in [3.05, 3.63) is 47.3 Å². The number of tetrazole rings is 1. The summed E-state index contributed by atoms with van der Waals surface area (Å²) in [6.45, 7) is 1.33. The summed E-state index contributed by atoms with van der Waals surface area (Å²) in [7, 11) is 0. The Bertz CT molecular complexity index is 876. The Morgan fingerprint density at radius 3 is 2.92 bits per heavy atom. The summed E-state index contributed by atoms with van der Waals surface area (Å²) < 4.78 is 4.93. The normalized spacial score (nSPS) is 10.4. The van der Waals surface area contributed by atoms with Gasteiger partial charge in [-0.05, 0) is 41.3 Å². The van der Waals surface area contributed by atoms with E-state index in [0.717, 1.165) is 15.2 Å². The van der Waals surface area contributed by atoms with Crippen molar-refractivity contribution in [1.29, 1.82) is 0 Å².